The van der Waals surface area contributed by atoms with Crippen molar-refractivity contribution in [3.63, 3.8) is 0 Å². The Morgan fingerprint density at radius 3 is 2.00 bits per heavy atom. The van der Waals surface area contributed by atoms with Crippen LogP contribution in [0.4, 0.5) is 18.9 Å². The maximum absolute atomic E-state index is 13.5. The van der Waals surface area contributed by atoms with Crippen LogP contribution in [-0.2, 0) is 28.7 Å². The van der Waals surface area contributed by atoms with E-state index < -0.39 is 48.8 Å². The monoisotopic (exact) mass is 652 g/mol. The summed E-state index contributed by atoms with van der Waals surface area (Å²) < 4.78 is 55.9. The van der Waals surface area contributed by atoms with E-state index in [0.717, 1.165) is 6.07 Å². The number of aliphatic hydroxyl groups excluding tert-OH is 1. The first-order chi connectivity index (χ1) is 22.4. The van der Waals surface area contributed by atoms with Gasteiger partial charge in [0.15, 0.2) is 0 Å². The van der Waals surface area contributed by atoms with Gasteiger partial charge in [-0.1, -0.05) is 30.3 Å². The molecule has 0 spiro atoms. The van der Waals surface area contributed by atoms with E-state index in [1.165, 1.54) is 55.5 Å². The largest absolute Gasteiger partial charge is 0.497 e. The highest BCUT2D eigenvalue weighted by molar-refractivity contribution is 5.92. The third-order valence-electron chi connectivity index (χ3n) is 7.00. The lowest BCUT2D eigenvalue weighted by Crippen LogP contribution is -2.33. The average molecular weight is 653 g/mol. The SMILES string of the molecule is COc1ccc(C(=O)Oc2ccc(CN(CC(=O)O)C(O)c3ccc(NC(=O)Cc4ccc(OC)cc4C(F)(F)F)cc3)cc2)cc1. The van der Waals surface area contributed by atoms with Gasteiger partial charge in [-0.25, -0.2) is 4.79 Å². The summed E-state index contributed by atoms with van der Waals surface area (Å²) in [5.74, 6) is -1.59. The second-order valence-corrected chi connectivity index (χ2v) is 10.3. The number of aliphatic carboxylic acids is 1. The molecule has 0 aromatic heterocycles. The van der Waals surface area contributed by atoms with E-state index in [2.05, 4.69) is 5.32 Å². The van der Waals surface area contributed by atoms with Crippen molar-refractivity contribution < 1.29 is 52.0 Å². The Kier molecular flexibility index (Phi) is 11.2. The number of anilines is 1. The summed E-state index contributed by atoms with van der Waals surface area (Å²) in [6.45, 7) is -0.501. The van der Waals surface area contributed by atoms with Gasteiger partial charge in [-0.05, 0) is 77.4 Å². The molecule has 13 heteroatoms. The number of hydrogen-bond donors (Lipinski definition) is 3. The number of aliphatic hydroxyl groups is 1. The fraction of sp³-hybridized carbons (Fsp3) is 0.206. The van der Waals surface area contributed by atoms with Crippen molar-refractivity contribution in [1.29, 1.82) is 0 Å². The molecule has 1 amide bonds. The molecule has 246 valence electrons. The maximum Gasteiger partial charge on any atom is 0.416 e. The highest BCUT2D eigenvalue weighted by atomic mass is 19.4. The molecule has 0 bridgehead atoms. The second kappa shape index (κ2) is 15.3. The summed E-state index contributed by atoms with van der Waals surface area (Å²) in [6.07, 6.45) is -6.59. The molecule has 0 aliphatic heterocycles. The number of amides is 1. The van der Waals surface area contributed by atoms with Crippen molar-refractivity contribution in [3.05, 3.63) is 119 Å². The zero-order chi connectivity index (χ0) is 34.1. The standard InChI is InChI=1S/C34H31F3N2O8/c1-45-26-14-7-23(8-15-26)33(44)47-27-12-3-21(4-13-27)19-39(20-31(41)42)32(43)22-5-10-25(11-6-22)38-30(40)17-24-9-16-28(46-2)18-29(24)34(35,36)37/h3-16,18,32,43H,17,19-20H2,1-2H3,(H,38,40)(H,41,42). The van der Waals surface area contributed by atoms with E-state index in [4.69, 9.17) is 14.2 Å². The third-order valence-corrected chi connectivity index (χ3v) is 7.00. The van der Waals surface area contributed by atoms with Crippen molar-refractivity contribution in [2.75, 3.05) is 26.1 Å². The zero-order valence-electron chi connectivity index (χ0n) is 25.3. The van der Waals surface area contributed by atoms with Gasteiger partial charge in [-0.3, -0.25) is 14.5 Å². The van der Waals surface area contributed by atoms with Crippen LogP contribution in [-0.4, -0.2) is 53.7 Å². The number of carboxylic acid groups (broad SMARTS) is 1. The van der Waals surface area contributed by atoms with Crippen LogP contribution >= 0.6 is 0 Å². The first kappa shape index (κ1) is 34.5. The molecule has 0 fully saturated rings. The van der Waals surface area contributed by atoms with Gasteiger partial charge in [0.25, 0.3) is 0 Å². The van der Waals surface area contributed by atoms with Gasteiger partial charge < -0.3 is 29.7 Å². The Labute approximate surface area is 267 Å². The normalized spacial score (nSPS) is 11.9. The molecule has 1 unspecified atom stereocenters. The Balaban J connectivity index is 1.39. The van der Waals surface area contributed by atoms with Crippen molar-refractivity contribution in [3.8, 4) is 17.2 Å². The molecule has 1 atom stereocenters. The molecule has 4 aromatic carbocycles. The number of benzene rings is 4. The van der Waals surface area contributed by atoms with E-state index in [1.807, 2.05) is 0 Å². The lowest BCUT2D eigenvalue weighted by Gasteiger charge is -2.27. The first-order valence-electron chi connectivity index (χ1n) is 14.1. The number of ether oxygens (including phenoxy) is 3. The molecule has 0 heterocycles. The summed E-state index contributed by atoms with van der Waals surface area (Å²) in [7, 11) is 2.76. The Morgan fingerprint density at radius 1 is 0.830 bits per heavy atom. The van der Waals surface area contributed by atoms with Crippen molar-refractivity contribution in [2.24, 2.45) is 0 Å². The summed E-state index contributed by atoms with van der Waals surface area (Å²) in [4.78, 5) is 37.9. The maximum atomic E-state index is 13.5. The van der Waals surface area contributed by atoms with Crippen LogP contribution in [0.2, 0.25) is 0 Å². The summed E-state index contributed by atoms with van der Waals surface area (Å²) in [5, 5.41) is 23.0. The van der Waals surface area contributed by atoms with Crippen LogP contribution in [0.3, 0.4) is 0 Å². The van der Waals surface area contributed by atoms with Crippen LogP contribution in [0, 0.1) is 0 Å². The predicted molar refractivity (Wildman–Crippen MR) is 164 cm³/mol. The number of esters is 1. The first-order valence-corrected chi connectivity index (χ1v) is 14.1. The zero-order valence-corrected chi connectivity index (χ0v) is 25.3. The van der Waals surface area contributed by atoms with Gasteiger partial charge in [0, 0.05) is 12.2 Å². The van der Waals surface area contributed by atoms with Gasteiger partial charge in [0.1, 0.15) is 23.5 Å². The van der Waals surface area contributed by atoms with Crippen molar-refractivity contribution in [1.82, 2.24) is 4.90 Å². The summed E-state index contributed by atoms with van der Waals surface area (Å²) in [5.41, 5.74) is 0.310. The van der Waals surface area contributed by atoms with Crippen LogP contribution in [0.5, 0.6) is 17.2 Å². The van der Waals surface area contributed by atoms with Gasteiger partial charge >= 0.3 is 18.1 Å². The van der Waals surface area contributed by atoms with Crippen LogP contribution in [0.15, 0.2) is 91.0 Å². The minimum absolute atomic E-state index is 0.0100. The number of hydrogen-bond acceptors (Lipinski definition) is 8. The Hall–Kier alpha value is -5.40. The molecule has 3 N–H and O–H groups in total. The number of carbonyl (C=O) groups is 3. The molecule has 0 radical (unpaired) electrons. The Morgan fingerprint density at radius 2 is 1.43 bits per heavy atom. The molecular formula is C34H31F3N2O8. The van der Waals surface area contributed by atoms with Crippen molar-refractivity contribution >= 4 is 23.5 Å². The minimum atomic E-state index is -4.68. The molecule has 4 aromatic rings. The lowest BCUT2D eigenvalue weighted by atomic mass is 10.0. The van der Waals surface area contributed by atoms with E-state index >= 15 is 0 Å². The lowest BCUT2D eigenvalue weighted by molar-refractivity contribution is -0.142. The number of methoxy groups -OCH3 is 2. The van der Waals surface area contributed by atoms with Gasteiger partial charge in [0.05, 0.1) is 38.3 Å². The van der Waals surface area contributed by atoms with E-state index in [9.17, 15) is 37.8 Å². The summed E-state index contributed by atoms with van der Waals surface area (Å²) in [6, 6.07) is 21.9. The highest BCUT2D eigenvalue weighted by Crippen LogP contribution is 2.35. The van der Waals surface area contributed by atoms with Crippen LogP contribution in [0.1, 0.15) is 38.8 Å². The molecule has 0 saturated heterocycles. The molecule has 0 aliphatic carbocycles. The van der Waals surface area contributed by atoms with Gasteiger partial charge in [-0.2, -0.15) is 13.2 Å². The van der Waals surface area contributed by atoms with Gasteiger partial charge in [-0.15, -0.1) is 0 Å². The fourth-order valence-corrected chi connectivity index (χ4v) is 4.62. The Bertz CT molecular complexity index is 1690. The predicted octanol–water partition coefficient (Wildman–Crippen LogP) is 5.70. The molecular weight excluding hydrogens is 621 g/mol. The molecule has 4 rings (SSSR count). The molecule has 47 heavy (non-hydrogen) atoms. The summed E-state index contributed by atoms with van der Waals surface area (Å²) >= 11 is 0. The number of alkyl halides is 3. The minimum Gasteiger partial charge on any atom is -0.497 e. The quantitative estimate of drug-likeness (QED) is 0.0945. The van der Waals surface area contributed by atoms with E-state index in [1.54, 1.807) is 48.5 Å². The van der Waals surface area contributed by atoms with Crippen LogP contribution in [0.25, 0.3) is 0 Å². The number of halogens is 3. The average Bonchev–Trinajstić information content (AvgIpc) is 3.04. The topological polar surface area (TPSA) is 135 Å². The van der Waals surface area contributed by atoms with Crippen LogP contribution < -0.4 is 19.5 Å². The number of rotatable bonds is 13. The fourth-order valence-electron chi connectivity index (χ4n) is 4.62. The van der Waals surface area contributed by atoms with Gasteiger partial charge in [0.2, 0.25) is 5.91 Å². The number of nitrogens with zero attached hydrogens (tertiary/aromatic N) is 1. The number of carbonyl (C=O) groups excluding carboxylic acids is 2. The smallest absolute Gasteiger partial charge is 0.416 e. The second-order valence-electron chi connectivity index (χ2n) is 10.3. The van der Waals surface area contributed by atoms with E-state index in [0.29, 0.717) is 22.4 Å². The number of nitrogens with one attached hydrogen (secondary N) is 1. The molecule has 10 nitrogen and oxygen atoms in total. The molecule has 0 saturated carbocycles. The third kappa shape index (κ3) is 9.55. The van der Waals surface area contributed by atoms with Crippen molar-refractivity contribution in [2.45, 2.75) is 25.4 Å². The number of carboxylic acids is 1. The highest BCUT2D eigenvalue weighted by Gasteiger charge is 2.34. The van der Waals surface area contributed by atoms with E-state index in [-0.39, 0.29) is 29.3 Å². The molecule has 0 aliphatic rings.